The summed E-state index contributed by atoms with van der Waals surface area (Å²) in [4.78, 5) is 35.1. The standard InChI is InChI=1S/C40H53BN8O7S/c1-9-39(8,41)37(4,5)28(3)35(50)43-18-20-54-21-22-55-31-13-11-30(12-14-31)38(6,7)56-36(51)48-19-15-32-33(44-27-45-34(32)48)29-23-46-49(24-29)40(16-17-42)25-47(26-40)57(52,53)10-2/h11-15,19,23-24,27-28H,9-10,16,18,20-22,25-26H2,1-8H3,(H,43,50). The third kappa shape index (κ3) is 9.03. The molecular formula is C40H53BN8O7S. The first-order valence-electron chi connectivity index (χ1n) is 19.2. The van der Waals surface area contributed by atoms with Crippen LogP contribution in [0.1, 0.15) is 73.8 Å². The SMILES string of the molecule is [B]C(C)(CC)C(C)(C)C(C)C(=O)NCCOCCOc1ccc(C(C)(C)OC(=O)n2ccc3c(-c4cnn(C5(CC#N)CN(S(=O)(=O)CC)C5)c4)ncnc32)cc1. The molecule has 57 heavy (non-hydrogen) atoms. The van der Waals surface area contributed by atoms with Crippen molar-refractivity contribution in [3.05, 3.63) is 60.8 Å². The van der Waals surface area contributed by atoms with Gasteiger partial charge in [0.15, 0.2) is 5.65 Å². The van der Waals surface area contributed by atoms with Gasteiger partial charge in [-0.2, -0.15) is 14.7 Å². The molecule has 0 spiro atoms. The molecule has 1 saturated heterocycles. The van der Waals surface area contributed by atoms with Gasteiger partial charge in [-0.3, -0.25) is 9.48 Å². The average molecular weight is 801 g/mol. The van der Waals surface area contributed by atoms with Crippen molar-refractivity contribution in [1.29, 1.82) is 5.26 Å². The van der Waals surface area contributed by atoms with Gasteiger partial charge in [0.05, 0.1) is 51.2 Å². The van der Waals surface area contributed by atoms with Gasteiger partial charge in [0.25, 0.3) is 0 Å². The molecule has 15 nitrogen and oxygen atoms in total. The highest BCUT2D eigenvalue weighted by molar-refractivity contribution is 7.89. The molecule has 1 aliphatic rings. The Kier molecular flexibility index (Phi) is 12.9. The van der Waals surface area contributed by atoms with E-state index in [1.165, 1.54) is 15.2 Å². The van der Waals surface area contributed by atoms with Crippen LogP contribution in [0, 0.1) is 22.7 Å². The lowest BCUT2D eigenvalue weighted by molar-refractivity contribution is -0.129. The zero-order valence-corrected chi connectivity index (χ0v) is 34.9. The number of nitriles is 1. The largest absolute Gasteiger partial charge is 0.491 e. The molecule has 1 N–H and O–H groups in total. The highest BCUT2D eigenvalue weighted by Crippen LogP contribution is 2.50. The number of nitrogens with zero attached hydrogens (tertiary/aromatic N) is 7. The van der Waals surface area contributed by atoms with Crippen LogP contribution in [0.25, 0.3) is 22.3 Å². The number of nitrogens with one attached hydrogen (secondary N) is 1. The normalized spacial score (nSPS) is 16.3. The Labute approximate surface area is 336 Å². The van der Waals surface area contributed by atoms with Crippen LogP contribution >= 0.6 is 0 Å². The van der Waals surface area contributed by atoms with E-state index in [2.05, 4.69) is 26.5 Å². The molecule has 1 aliphatic heterocycles. The van der Waals surface area contributed by atoms with Gasteiger partial charge in [0, 0.05) is 48.9 Å². The van der Waals surface area contributed by atoms with Gasteiger partial charge in [-0.1, -0.05) is 58.5 Å². The predicted molar refractivity (Wildman–Crippen MR) is 216 cm³/mol. The molecule has 2 radical (unpaired) electrons. The smallest absolute Gasteiger partial charge is 0.420 e. The van der Waals surface area contributed by atoms with Crippen LogP contribution in [-0.4, -0.2) is 102 Å². The number of ether oxygens (including phenoxy) is 3. The quantitative estimate of drug-likeness (QED) is 0.100. The van der Waals surface area contributed by atoms with Gasteiger partial charge in [0.1, 0.15) is 29.8 Å². The fraction of sp³-hybridized carbons (Fsp3) is 0.550. The summed E-state index contributed by atoms with van der Waals surface area (Å²) in [7, 11) is 3.07. The highest BCUT2D eigenvalue weighted by atomic mass is 32.2. The summed E-state index contributed by atoms with van der Waals surface area (Å²) >= 11 is 0. The molecule has 1 fully saturated rings. The second-order valence-electron chi connectivity index (χ2n) is 15.9. The topological polar surface area (TPSA) is 184 Å². The zero-order valence-electron chi connectivity index (χ0n) is 34.1. The van der Waals surface area contributed by atoms with Crippen molar-refractivity contribution < 1.29 is 32.2 Å². The molecule has 0 saturated carbocycles. The minimum atomic E-state index is -3.39. The van der Waals surface area contributed by atoms with Crippen molar-refractivity contribution in [3.63, 3.8) is 0 Å². The molecular weight excluding hydrogens is 747 g/mol. The van der Waals surface area contributed by atoms with Crippen LogP contribution in [-0.2, 0) is 35.4 Å². The maximum absolute atomic E-state index is 13.5. The van der Waals surface area contributed by atoms with Crippen LogP contribution in [0.15, 0.2) is 55.2 Å². The predicted octanol–water partition coefficient (Wildman–Crippen LogP) is 5.42. The van der Waals surface area contributed by atoms with E-state index in [1.54, 1.807) is 62.2 Å². The van der Waals surface area contributed by atoms with Crippen LogP contribution < -0.4 is 10.1 Å². The van der Waals surface area contributed by atoms with Crippen LogP contribution in [0.5, 0.6) is 5.75 Å². The van der Waals surface area contributed by atoms with Gasteiger partial charge in [0.2, 0.25) is 15.9 Å². The van der Waals surface area contributed by atoms with Crippen molar-refractivity contribution in [2.75, 3.05) is 45.2 Å². The summed E-state index contributed by atoms with van der Waals surface area (Å²) in [6, 6.07) is 11.1. The first kappa shape index (κ1) is 43.3. The highest BCUT2D eigenvalue weighted by Gasteiger charge is 2.50. The Morgan fingerprint density at radius 1 is 1.05 bits per heavy atom. The van der Waals surface area contributed by atoms with Gasteiger partial charge < -0.3 is 19.5 Å². The lowest BCUT2D eigenvalue weighted by Gasteiger charge is -2.47. The summed E-state index contributed by atoms with van der Waals surface area (Å²) in [5.74, 6) is 0.287. The molecule has 3 aromatic heterocycles. The number of amides is 1. The summed E-state index contributed by atoms with van der Waals surface area (Å²) < 4.78 is 46.6. The number of sulfonamides is 1. The number of rotatable bonds is 18. The molecule has 4 aromatic rings. The maximum Gasteiger partial charge on any atom is 0.420 e. The van der Waals surface area contributed by atoms with Gasteiger partial charge in [-0.05, 0) is 49.9 Å². The summed E-state index contributed by atoms with van der Waals surface area (Å²) in [6.07, 6.45) is 6.48. The van der Waals surface area contributed by atoms with Crippen LogP contribution in [0.3, 0.4) is 0 Å². The molecule has 0 aliphatic carbocycles. The summed E-state index contributed by atoms with van der Waals surface area (Å²) in [5, 5.41) is 17.1. The lowest BCUT2D eigenvalue weighted by Crippen LogP contribution is -2.64. The second-order valence-corrected chi connectivity index (χ2v) is 18.2. The van der Waals surface area contributed by atoms with E-state index in [9.17, 15) is 23.3 Å². The van der Waals surface area contributed by atoms with Gasteiger partial charge in [-0.25, -0.2) is 27.7 Å². The Morgan fingerprint density at radius 2 is 1.75 bits per heavy atom. The van der Waals surface area contributed by atoms with Crippen molar-refractivity contribution in [1.82, 2.24) is 33.9 Å². The van der Waals surface area contributed by atoms with Crippen molar-refractivity contribution >= 4 is 40.9 Å². The summed E-state index contributed by atoms with van der Waals surface area (Å²) in [5.41, 5.74) is 0.0391. The Hall–Kier alpha value is -4.79. The first-order valence-corrected chi connectivity index (χ1v) is 20.8. The fourth-order valence-corrected chi connectivity index (χ4v) is 8.02. The molecule has 1 aromatic carbocycles. The van der Waals surface area contributed by atoms with Crippen LogP contribution in [0.2, 0.25) is 5.31 Å². The number of carbonyl (C=O) groups is 2. The minimum Gasteiger partial charge on any atom is -0.491 e. The van der Waals surface area contributed by atoms with Crippen molar-refractivity contribution in [2.24, 2.45) is 11.3 Å². The molecule has 4 heterocycles. The monoisotopic (exact) mass is 800 g/mol. The Balaban J connectivity index is 1.13. The maximum atomic E-state index is 13.5. The lowest BCUT2D eigenvalue weighted by atomic mass is 9.49. The van der Waals surface area contributed by atoms with Crippen molar-refractivity contribution in [3.8, 4) is 23.1 Å². The minimum absolute atomic E-state index is 0.0203. The Bertz CT molecular complexity index is 2200. The Morgan fingerprint density at radius 3 is 2.40 bits per heavy atom. The average Bonchev–Trinajstić information content (AvgIpc) is 3.84. The van der Waals surface area contributed by atoms with E-state index in [4.69, 9.17) is 22.1 Å². The first-order chi connectivity index (χ1) is 26.8. The van der Waals surface area contributed by atoms with Gasteiger partial charge in [-0.15, -0.1) is 0 Å². The number of hydrogen-bond acceptors (Lipinski definition) is 11. The molecule has 0 bridgehead atoms. The van der Waals surface area contributed by atoms with E-state index < -0.39 is 32.6 Å². The molecule has 2 atom stereocenters. The second kappa shape index (κ2) is 17.0. The number of hydrogen-bond donors (Lipinski definition) is 1. The van der Waals surface area contributed by atoms with Gasteiger partial charge >= 0.3 is 6.09 Å². The van der Waals surface area contributed by atoms with Crippen LogP contribution in [0.4, 0.5) is 4.79 Å². The van der Waals surface area contributed by atoms with E-state index in [-0.39, 0.29) is 42.5 Å². The number of benzene rings is 1. The molecule has 304 valence electrons. The third-order valence-electron chi connectivity index (χ3n) is 11.7. The number of aromatic nitrogens is 5. The number of fused-ring (bicyclic) bond motifs is 1. The number of carbonyl (C=O) groups excluding carboxylic acids is 2. The van der Waals surface area contributed by atoms with E-state index >= 15 is 0 Å². The summed E-state index contributed by atoms with van der Waals surface area (Å²) in [6.45, 7) is 16.8. The molecule has 1 amide bonds. The van der Waals surface area contributed by atoms with E-state index in [0.717, 1.165) is 12.0 Å². The molecule has 5 rings (SSSR count). The van der Waals surface area contributed by atoms with Crippen molar-refractivity contribution in [2.45, 2.75) is 84.7 Å². The van der Waals surface area contributed by atoms with E-state index in [0.29, 0.717) is 54.4 Å². The fourth-order valence-electron chi connectivity index (χ4n) is 6.78. The zero-order chi connectivity index (χ0) is 41.8. The molecule has 17 heteroatoms. The molecule has 2 unspecified atom stereocenters. The third-order valence-corrected chi connectivity index (χ3v) is 13.5. The van der Waals surface area contributed by atoms with E-state index in [1.807, 2.05) is 46.8 Å².